The predicted octanol–water partition coefficient (Wildman–Crippen LogP) is 4.75. The van der Waals surface area contributed by atoms with Crippen LogP contribution < -0.4 is 10.5 Å². The molecule has 1 aromatic heterocycles. The Morgan fingerprint density at radius 2 is 1.82 bits per heavy atom. The number of rotatable bonds is 4. The van der Waals surface area contributed by atoms with Gasteiger partial charge in [-0.25, -0.2) is 4.98 Å². The number of nitriles is 1. The molecule has 1 heterocycles. The first-order valence-electron chi connectivity index (χ1n) is 8.16. The number of hydrogen-bond acceptors (Lipinski definition) is 6. The van der Waals surface area contributed by atoms with Gasteiger partial charge in [0.15, 0.2) is 0 Å². The summed E-state index contributed by atoms with van der Waals surface area (Å²) >= 11 is 5.95. The SMILES string of the molecule is COc1ccc(-c2c(C)nc(N)c(C#N)c2-c2ccc(Cl)c([N+](=O)[O-])c2)cc1. The van der Waals surface area contributed by atoms with E-state index in [0.717, 1.165) is 5.56 Å². The van der Waals surface area contributed by atoms with Gasteiger partial charge >= 0.3 is 0 Å². The summed E-state index contributed by atoms with van der Waals surface area (Å²) in [5.41, 5.74) is 8.82. The molecule has 0 aliphatic rings. The van der Waals surface area contributed by atoms with E-state index >= 15 is 0 Å². The number of nitrogen functional groups attached to an aromatic ring is 1. The normalized spacial score (nSPS) is 10.4. The summed E-state index contributed by atoms with van der Waals surface area (Å²) in [7, 11) is 1.57. The number of anilines is 1. The fraction of sp³-hybridized carbons (Fsp3) is 0.100. The lowest BCUT2D eigenvalue weighted by molar-refractivity contribution is -0.384. The number of hydrogen-bond donors (Lipinski definition) is 1. The molecule has 0 amide bonds. The van der Waals surface area contributed by atoms with E-state index < -0.39 is 4.92 Å². The van der Waals surface area contributed by atoms with Gasteiger partial charge in [0.1, 0.15) is 28.2 Å². The maximum absolute atomic E-state index is 11.3. The molecule has 0 fully saturated rings. The molecule has 8 heteroatoms. The molecule has 3 aromatic rings. The molecule has 0 saturated heterocycles. The number of aromatic nitrogens is 1. The molecule has 28 heavy (non-hydrogen) atoms. The molecule has 0 aliphatic carbocycles. The Hall–Kier alpha value is -3.63. The van der Waals surface area contributed by atoms with Gasteiger partial charge in [-0.2, -0.15) is 5.26 Å². The van der Waals surface area contributed by atoms with Crippen molar-refractivity contribution in [3.63, 3.8) is 0 Å². The minimum Gasteiger partial charge on any atom is -0.497 e. The minimum atomic E-state index is -0.567. The van der Waals surface area contributed by atoms with E-state index in [-0.39, 0.29) is 22.1 Å². The highest BCUT2D eigenvalue weighted by molar-refractivity contribution is 6.32. The number of nitro groups is 1. The van der Waals surface area contributed by atoms with E-state index in [1.807, 2.05) is 12.1 Å². The van der Waals surface area contributed by atoms with Crippen molar-refractivity contribution >= 4 is 23.1 Å². The minimum absolute atomic E-state index is 0.0111. The highest BCUT2D eigenvalue weighted by atomic mass is 35.5. The van der Waals surface area contributed by atoms with Crippen LogP contribution in [0.5, 0.6) is 5.75 Å². The maximum atomic E-state index is 11.3. The van der Waals surface area contributed by atoms with Gasteiger partial charge in [-0.05, 0) is 36.2 Å². The zero-order chi connectivity index (χ0) is 20.4. The number of nitrogens with zero attached hydrogens (tertiary/aromatic N) is 3. The topological polar surface area (TPSA) is 115 Å². The molecule has 0 aliphatic heterocycles. The summed E-state index contributed by atoms with van der Waals surface area (Å²) in [5.74, 6) is 0.735. The van der Waals surface area contributed by atoms with Crippen molar-refractivity contribution in [1.82, 2.24) is 4.98 Å². The zero-order valence-corrected chi connectivity index (χ0v) is 15.8. The molecule has 2 N–H and O–H groups in total. The van der Waals surface area contributed by atoms with E-state index in [4.69, 9.17) is 22.1 Å². The molecule has 7 nitrogen and oxygen atoms in total. The Morgan fingerprint density at radius 3 is 2.39 bits per heavy atom. The van der Waals surface area contributed by atoms with Crippen molar-refractivity contribution < 1.29 is 9.66 Å². The Morgan fingerprint density at radius 1 is 1.18 bits per heavy atom. The summed E-state index contributed by atoms with van der Waals surface area (Å²) in [4.78, 5) is 15.0. The van der Waals surface area contributed by atoms with Gasteiger partial charge in [0.25, 0.3) is 5.69 Å². The number of ether oxygens (including phenoxy) is 1. The molecule has 2 aromatic carbocycles. The van der Waals surface area contributed by atoms with Crippen LogP contribution in [0.2, 0.25) is 5.02 Å². The molecule has 0 saturated carbocycles. The van der Waals surface area contributed by atoms with Crippen LogP contribution in [0.25, 0.3) is 22.3 Å². The Bertz CT molecular complexity index is 1120. The van der Waals surface area contributed by atoms with Gasteiger partial charge in [-0.3, -0.25) is 10.1 Å². The van der Waals surface area contributed by atoms with Crippen molar-refractivity contribution in [2.75, 3.05) is 12.8 Å². The van der Waals surface area contributed by atoms with Gasteiger partial charge < -0.3 is 10.5 Å². The van der Waals surface area contributed by atoms with Gasteiger partial charge in [-0.1, -0.05) is 29.8 Å². The number of benzene rings is 2. The monoisotopic (exact) mass is 394 g/mol. The first-order chi connectivity index (χ1) is 13.4. The summed E-state index contributed by atoms with van der Waals surface area (Å²) in [6, 6.07) is 13.7. The largest absolute Gasteiger partial charge is 0.497 e. The lowest BCUT2D eigenvalue weighted by Gasteiger charge is -2.16. The van der Waals surface area contributed by atoms with Crippen LogP contribution in [0.15, 0.2) is 42.5 Å². The highest BCUT2D eigenvalue weighted by Crippen LogP contribution is 2.41. The Labute approximate surface area is 166 Å². The van der Waals surface area contributed by atoms with E-state index in [9.17, 15) is 15.4 Å². The van der Waals surface area contributed by atoms with Gasteiger partial charge in [0, 0.05) is 22.9 Å². The van der Waals surface area contributed by atoms with Crippen LogP contribution in [-0.4, -0.2) is 17.0 Å². The molecule has 0 unspecified atom stereocenters. The quantitative estimate of drug-likeness (QED) is 0.504. The second kappa shape index (κ2) is 7.55. The molecule has 0 atom stereocenters. The standard InChI is InChI=1S/C20H15ClN4O3/c1-11-18(12-3-6-14(28-2)7-4-12)19(15(10-22)20(23)24-11)13-5-8-16(21)17(9-13)25(26)27/h3-9H,1-2H3,(H2,23,24). The summed E-state index contributed by atoms with van der Waals surface area (Å²) < 4.78 is 5.19. The van der Waals surface area contributed by atoms with E-state index in [2.05, 4.69) is 11.1 Å². The molecule has 0 bridgehead atoms. The lowest BCUT2D eigenvalue weighted by atomic mass is 9.90. The number of halogens is 1. The lowest BCUT2D eigenvalue weighted by Crippen LogP contribution is -2.03. The molecular weight excluding hydrogens is 380 g/mol. The van der Waals surface area contributed by atoms with Crippen LogP contribution in [0.3, 0.4) is 0 Å². The second-order valence-corrected chi connectivity index (χ2v) is 6.38. The van der Waals surface area contributed by atoms with Gasteiger partial charge in [-0.15, -0.1) is 0 Å². The third-order valence-corrected chi connectivity index (χ3v) is 4.65. The second-order valence-electron chi connectivity index (χ2n) is 5.97. The average molecular weight is 395 g/mol. The van der Waals surface area contributed by atoms with Crippen LogP contribution >= 0.6 is 11.6 Å². The number of methoxy groups -OCH3 is 1. The van der Waals surface area contributed by atoms with E-state index in [1.165, 1.54) is 12.1 Å². The summed E-state index contributed by atoms with van der Waals surface area (Å²) in [6.45, 7) is 1.77. The summed E-state index contributed by atoms with van der Waals surface area (Å²) in [6.07, 6.45) is 0. The fourth-order valence-electron chi connectivity index (χ4n) is 3.05. The number of aryl methyl sites for hydroxylation is 1. The molecular formula is C20H15ClN4O3. The molecule has 0 spiro atoms. The van der Waals surface area contributed by atoms with Crippen LogP contribution in [0.1, 0.15) is 11.3 Å². The smallest absolute Gasteiger partial charge is 0.288 e. The third kappa shape index (κ3) is 3.33. The van der Waals surface area contributed by atoms with Crippen molar-refractivity contribution in [3.05, 3.63) is 68.9 Å². The first-order valence-corrected chi connectivity index (χ1v) is 8.54. The zero-order valence-electron chi connectivity index (χ0n) is 15.1. The Kier molecular flexibility index (Phi) is 5.16. The van der Waals surface area contributed by atoms with Crippen molar-refractivity contribution in [2.45, 2.75) is 6.92 Å². The number of nitro benzene ring substituents is 1. The third-order valence-electron chi connectivity index (χ3n) is 4.33. The van der Waals surface area contributed by atoms with Gasteiger partial charge in [0.2, 0.25) is 0 Å². The van der Waals surface area contributed by atoms with Crippen LogP contribution in [0, 0.1) is 28.4 Å². The van der Waals surface area contributed by atoms with Gasteiger partial charge in [0.05, 0.1) is 12.0 Å². The van der Waals surface area contributed by atoms with E-state index in [0.29, 0.717) is 28.1 Å². The van der Waals surface area contributed by atoms with Crippen LogP contribution in [0.4, 0.5) is 11.5 Å². The molecule has 140 valence electrons. The van der Waals surface area contributed by atoms with Crippen LogP contribution in [-0.2, 0) is 0 Å². The number of pyridine rings is 1. The maximum Gasteiger partial charge on any atom is 0.288 e. The predicted molar refractivity (Wildman–Crippen MR) is 107 cm³/mol. The van der Waals surface area contributed by atoms with Crippen molar-refractivity contribution in [2.24, 2.45) is 0 Å². The Balaban J connectivity index is 2.37. The summed E-state index contributed by atoms with van der Waals surface area (Å²) in [5, 5.41) is 21.0. The van der Waals surface area contributed by atoms with Crippen molar-refractivity contribution in [1.29, 1.82) is 5.26 Å². The van der Waals surface area contributed by atoms with E-state index in [1.54, 1.807) is 32.2 Å². The average Bonchev–Trinajstić information content (AvgIpc) is 2.68. The molecule has 3 rings (SSSR count). The first kappa shape index (κ1) is 19.1. The molecule has 0 radical (unpaired) electrons. The number of nitrogens with two attached hydrogens (primary N) is 1. The highest BCUT2D eigenvalue weighted by Gasteiger charge is 2.22. The van der Waals surface area contributed by atoms with Crippen molar-refractivity contribution in [3.8, 4) is 34.1 Å². The fourth-order valence-corrected chi connectivity index (χ4v) is 3.23.